The number of halogens is 1. The average molecular weight is 484 g/mol. The summed E-state index contributed by atoms with van der Waals surface area (Å²) in [4.78, 5) is 33.9. The summed E-state index contributed by atoms with van der Waals surface area (Å²) in [6, 6.07) is 8.84. The fourth-order valence-corrected chi connectivity index (χ4v) is 5.65. The monoisotopic (exact) mass is 483 g/mol. The van der Waals surface area contributed by atoms with Crippen molar-refractivity contribution in [1.82, 2.24) is 19.8 Å². The highest BCUT2D eigenvalue weighted by Gasteiger charge is 2.26. The number of thiazole rings is 1. The number of aromatic nitrogens is 2. The maximum absolute atomic E-state index is 15.2. The summed E-state index contributed by atoms with van der Waals surface area (Å²) in [7, 11) is 0. The lowest BCUT2D eigenvalue weighted by Crippen LogP contribution is -2.49. The number of nitrogens with zero attached hydrogens (tertiary/aromatic N) is 4. The summed E-state index contributed by atoms with van der Waals surface area (Å²) in [5.74, 6) is -0.925. The molecule has 2 aliphatic heterocycles. The lowest BCUT2D eigenvalue weighted by molar-refractivity contribution is 0.0126. The molecular weight excluding hydrogens is 461 g/mol. The summed E-state index contributed by atoms with van der Waals surface area (Å²) >= 11 is 1.34. The summed E-state index contributed by atoms with van der Waals surface area (Å²) in [5, 5.41) is 1.81. The predicted molar refractivity (Wildman–Crippen MR) is 127 cm³/mol. The number of hydrogen-bond donors (Lipinski definition) is 1. The largest absolute Gasteiger partial charge is 0.379 e. The number of carbonyl (C=O) groups excluding carboxylic acids is 1. The smallest absolute Gasteiger partial charge is 0.272 e. The van der Waals surface area contributed by atoms with Crippen LogP contribution in [0.4, 0.5) is 10.2 Å². The number of carbonyl (C=O) groups is 1. The van der Waals surface area contributed by atoms with Gasteiger partial charge in [0.05, 0.1) is 42.0 Å². The van der Waals surface area contributed by atoms with Gasteiger partial charge in [0.25, 0.3) is 5.91 Å². The molecule has 6 rings (SSSR count). The van der Waals surface area contributed by atoms with Crippen LogP contribution in [0.25, 0.3) is 26.1 Å². The Balaban J connectivity index is 1.60. The topological polar surface area (TPSA) is 88.4 Å². The van der Waals surface area contributed by atoms with Crippen LogP contribution in [0.1, 0.15) is 10.4 Å². The zero-order valence-electron chi connectivity index (χ0n) is 18.3. The summed E-state index contributed by atoms with van der Waals surface area (Å²) in [6.07, 6.45) is 0. The van der Waals surface area contributed by atoms with E-state index in [-0.39, 0.29) is 16.8 Å². The lowest BCUT2D eigenvalue weighted by Gasteiger charge is -2.28. The van der Waals surface area contributed by atoms with E-state index in [0.717, 1.165) is 10.2 Å². The van der Waals surface area contributed by atoms with Crippen LogP contribution in [0.2, 0.25) is 0 Å². The van der Waals surface area contributed by atoms with Gasteiger partial charge >= 0.3 is 0 Å². The quantitative estimate of drug-likeness (QED) is 0.477. The first-order valence-corrected chi connectivity index (χ1v) is 12.0. The van der Waals surface area contributed by atoms with Crippen molar-refractivity contribution in [3.05, 3.63) is 51.9 Å². The number of fused-ring (bicyclic) bond motifs is 5. The van der Waals surface area contributed by atoms with E-state index >= 15 is 4.39 Å². The number of ether oxygens (including phenoxy) is 2. The van der Waals surface area contributed by atoms with Gasteiger partial charge in [0.1, 0.15) is 10.4 Å². The highest BCUT2D eigenvalue weighted by atomic mass is 32.1. The molecule has 0 saturated carbocycles. The Kier molecular flexibility index (Phi) is 5.41. The first-order chi connectivity index (χ1) is 16.6. The fourth-order valence-electron chi connectivity index (χ4n) is 4.47. The molecule has 2 fully saturated rings. The maximum atomic E-state index is 15.2. The van der Waals surface area contributed by atoms with Crippen LogP contribution >= 0.6 is 11.3 Å². The molecule has 3 aromatic heterocycles. The molecule has 1 aromatic carbocycles. The molecule has 34 heavy (non-hydrogen) atoms. The molecule has 0 bridgehead atoms. The number of pyridine rings is 2. The van der Waals surface area contributed by atoms with Crippen LogP contribution in [0.3, 0.4) is 0 Å². The van der Waals surface area contributed by atoms with Crippen LogP contribution in [0.15, 0.2) is 35.1 Å². The molecule has 0 unspecified atom stereocenters. The number of nitrogens with one attached hydrogen (secondary N) is 1. The van der Waals surface area contributed by atoms with Crippen LogP contribution in [-0.4, -0.2) is 72.9 Å². The molecular formula is C23H22FN5O4S. The Morgan fingerprint density at radius 3 is 2.53 bits per heavy atom. The van der Waals surface area contributed by atoms with Crippen LogP contribution in [-0.2, 0) is 9.47 Å². The van der Waals surface area contributed by atoms with Crippen LogP contribution in [0.5, 0.6) is 0 Å². The summed E-state index contributed by atoms with van der Waals surface area (Å²) in [6.45, 7) is 4.02. The van der Waals surface area contributed by atoms with E-state index in [2.05, 4.69) is 10.4 Å². The van der Waals surface area contributed by atoms with E-state index < -0.39 is 17.2 Å². The van der Waals surface area contributed by atoms with Gasteiger partial charge in [-0.2, -0.15) is 0 Å². The second-order valence-corrected chi connectivity index (χ2v) is 9.25. The molecule has 1 N–H and O–H groups in total. The van der Waals surface area contributed by atoms with E-state index in [0.29, 0.717) is 63.1 Å². The third-order valence-electron chi connectivity index (χ3n) is 6.16. The number of anilines is 1. The molecule has 11 heteroatoms. The van der Waals surface area contributed by atoms with Gasteiger partial charge in [-0.1, -0.05) is 12.1 Å². The van der Waals surface area contributed by atoms with Crippen molar-refractivity contribution < 1.29 is 18.7 Å². The minimum absolute atomic E-state index is 0.0134. The molecule has 4 aromatic rings. The molecule has 1 amide bonds. The number of hydrogen-bond acceptors (Lipinski definition) is 8. The van der Waals surface area contributed by atoms with Gasteiger partial charge in [-0.05, 0) is 18.2 Å². The van der Waals surface area contributed by atoms with Gasteiger partial charge in [0, 0.05) is 26.2 Å². The minimum atomic E-state index is -0.592. The molecule has 2 saturated heterocycles. The fraction of sp³-hybridized carbons (Fsp3) is 0.348. The highest BCUT2D eigenvalue weighted by molar-refractivity contribution is 7.24. The second-order valence-electron chi connectivity index (χ2n) is 8.22. The molecule has 0 spiro atoms. The first kappa shape index (κ1) is 21.4. The Morgan fingerprint density at radius 2 is 1.76 bits per heavy atom. The second kappa shape index (κ2) is 8.58. The van der Waals surface area contributed by atoms with E-state index in [1.54, 1.807) is 9.41 Å². The van der Waals surface area contributed by atoms with Crippen molar-refractivity contribution in [2.75, 3.05) is 57.5 Å². The molecule has 0 atom stereocenters. The average Bonchev–Trinajstić information content (AvgIpc) is 3.24. The van der Waals surface area contributed by atoms with Gasteiger partial charge in [0.2, 0.25) is 5.43 Å². The van der Waals surface area contributed by atoms with Gasteiger partial charge in [-0.15, -0.1) is 11.3 Å². The Labute approximate surface area is 197 Å². The Bertz CT molecular complexity index is 1470. The van der Waals surface area contributed by atoms with E-state index in [4.69, 9.17) is 9.47 Å². The number of amides is 1. The van der Waals surface area contributed by atoms with Gasteiger partial charge in [-0.25, -0.2) is 14.4 Å². The predicted octanol–water partition coefficient (Wildman–Crippen LogP) is 2.02. The van der Waals surface area contributed by atoms with Crippen LogP contribution < -0.4 is 15.8 Å². The zero-order chi connectivity index (χ0) is 23.2. The zero-order valence-corrected chi connectivity index (χ0v) is 19.1. The van der Waals surface area contributed by atoms with E-state index in [1.165, 1.54) is 17.4 Å². The lowest BCUT2D eigenvalue weighted by atomic mass is 10.1. The molecule has 0 radical (unpaired) electrons. The van der Waals surface area contributed by atoms with Crippen molar-refractivity contribution >= 4 is 49.1 Å². The molecule has 0 aliphatic carbocycles. The normalized spacial score (nSPS) is 17.6. The first-order valence-electron chi connectivity index (χ1n) is 11.1. The molecule has 176 valence electrons. The number of benzene rings is 1. The van der Waals surface area contributed by atoms with E-state index in [1.807, 2.05) is 29.2 Å². The van der Waals surface area contributed by atoms with Gasteiger partial charge < -0.3 is 14.4 Å². The van der Waals surface area contributed by atoms with Gasteiger partial charge in [0.15, 0.2) is 17.3 Å². The third kappa shape index (κ3) is 3.52. The summed E-state index contributed by atoms with van der Waals surface area (Å²) in [5.41, 5.74) is 3.42. The molecule has 2 aliphatic rings. The number of hydrazine groups is 1. The van der Waals surface area contributed by atoms with Gasteiger partial charge in [-0.3, -0.25) is 19.4 Å². The Morgan fingerprint density at radius 1 is 1.06 bits per heavy atom. The maximum Gasteiger partial charge on any atom is 0.272 e. The summed E-state index contributed by atoms with van der Waals surface area (Å²) < 4.78 is 28.6. The third-order valence-corrected chi connectivity index (χ3v) is 7.30. The minimum Gasteiger partial charge on any atom is -0.379 e. The number of para-hydroxylation sites is 1. The molecule has 5 heterocycles. The molecule has 9 nitrogen and oxygen atoms in total. The van der Waals surface area contributed by atoms with Crippen LogP contribution in [0, 0.1) is 5.82 Å². The van der Waals surface area contributed by atoms with Crippen molar-refractivity contribution in [3.63, 3.8) is 0 Å². The van der Waals surface area contributed by atoms with Crippen molar-refractivity contribution in [1.29, 1.82) is 0 Å². The standard InChI is InChI=1S/C23H22FN5O4S/c24-15-13-14-19(30)18(22(31)26-28-7-11-33-12-8-28)23-29(16-3-1-2-4-17(16)34-23)20(14)25-21(15)27-5-9-32-10-6-27/h1-4,13H,5-12H2,(H,26,31). The number of rotatable bonds is 3. The number of morpholine rings is 2. The van der Waals surface area contributed by atoms with E-state index in [9.17, 15) is 9.59 Å². The Hall–Kier alpha value is -3.12. The van der Waals surface area contributed by atoms with Crippen molar-refractivity contribution in [2.45, 2.75) is 0 Å². The highest BCUT2D eigenvalue weighted by Crippen LogP contribution is 2.32. The van der Waals surface area contributed by atoms with Crippen molar-refractivity contribution in [2.24, 2.45) is 0 Å². The van der Waals surface area contributed by atoms with Crippen molar-refractivity contribution in [3.8, 4) is 0 Å². The SMILES string of the molecule is O=C(NN1CCOCC1)c1c(=O)c2cc(F)c(N3CCOCC3)nc2n2c1sc1ccccc12.